The molecular formula is C21H20OS2. The highest BCUT2D eigenvalue weighted by molar-refractivity contribution is 7.98. The van der Waals surface area contributed by atoms with Gasteiger partial charge in [0.25, 0.3) is 0 Å². The minimum Gasteiger partial charge on any atom is -0.507 e. The molecule has 3 aromatic carbocycles. The Morgan fingerprint density at radius 2 is 1.12 bits per heavy atom. The largest absolute Gasteiger partial charge is 0.507 e. The fourth-order valence-corrected chi connectivity index (χ4v) is 3.14. The maximum Gasteiger partial charge on any atom is 0.122 e. The van der Waals surface area contributed by atoms with Crippen molar-refractivity contribution in [1.29, 1.82) is 0 Å². The van der Waals surface area contributed by atoms with Crippen LogP contribution in [-0.2, 0) is 12.8 Å². The van der Waals surface area contributed by atoms with Crippen molar-refractivity contribution in [2.45, 2.75) is 17.4 Å². The van der Waals surface area contributed by atoms with Gasteiger partial charge in [0.2, 0.25) is 0 Å². The Labute approximate surface area is 154 Å². The minimum atomic E-state index is -0.172. The van der Waals surface area contributed by atoms with E-state index in [9.17, 15) is 5.11 Å². The van der Waals surface area contributed by atoms with Gasteiger partial charge in [-0.25, -0.2) is 0 Å². The molecule has 0 aromatic heterocycles. The van der Waals surface area contributed by atoms with Gasteiger partial charge < -0.3 is 5.11 Å². The number of hydrogen-bond donors (Lipinski definition) is 3. The molecule has 24 heavy (non-hydrogen) atoms. The second kappa shape index (κ2) is 7.82. The van der Waals surface area contributed by atoms with Crippen molar-refractivity contribution in [2.24, 2.45) is 0 Å². The van der Waals surface area contributed by atoms with E-state index in [1.54, 1.807) is 0 Å². The van der Waals surface area contributed by atoms with Gasteiger partial charge in [-0.3, -0.25) is 0 Å². The first-order valence-corrected chi connectivity index (χ1v) is 8.95. The third-order valence-electron chi connectivity index (χ3n) is 4.06. The van der Waals surface area contributed by atoms with E-state index in [1.165, 1.54) is 11.1 Å². The molecular weight excluding hydrogens is 332 g/mol. The van der Waals surface area contributed by atoms with Crippen LogP contribution in [0, 0.1) is 0 Å². The van der Waals surface area contributed by atoms with Gasteiger partial charge in [0.1, 0.15) is 5.75 Å². The normalized spacial score (nSPS) is 11.0. The highest BCUT2D eigenvalue weighted by Gasteiger charge is 2.13. The highest BCUT2D eigenvalue weighted by Crippen LogP contribution is 2.34. The van der Waals surface area contributed by atoms with Crippen molar-refractivity contribution in [3.05, 3.63) is 101 Å². The third-order valence-corrected chi connectivity index (χ3v) is 4.66. The van der Waals surface area contributed by atoms with Crippen LogP contribution >= 0.6 is 25.3 Å². The van der Waals surface area contributed by atoms with Crippen molar-refractivity contribution in [3.63, 3.8) is 0 Å². The van der Waals surface area contributed by atoms with Crippen LogP contribution < -0.4 is 0 Å². The third kappa shape index (κ3) is 4.16. The van der Waals surface area contributed by atoms with Crippen molar-refractivity contribution in [3.8, 4) is 5.75 Å². The van der Waals surface area contributed by atoms with Gasteiger partial charge in [-0.15, -0.1) is 0 Å². The molecule has 0 bridgehead atoms. The highest BCUT2D eigenvalue weighted by atomic mass is 32.2. The lowest BCUT2D eigenvalue weighted by Gasteiger charge is -2.15. The maximum atomic E-state index is 10.8. The molecule has 0 aliphatic rings. The maximum absolute atomic E-state index is 10.8. The lowest BCUT2D eigenvalue weighted by atomic mass is 9.95. The number of benzene rings is 3. The van der Waals surface area contributed by atoms with Gasteiger partial charge in [0.15, 0.2) is 0 Å². The first-order valence-electron chi connectivity index (χ1n) is 7.92. The zero-order valence-corrected chi connectivity index (χ0v) is 15.1. The van der Waals surface area contributed by atoms with Gasteiger partial charge in [0.05, 0.1) is 4.58 Å². The first-order chi connectivity index (χ1) is 11.6. The fourth-order valence-electron chi connectivity index (χ4n) is 2.84. The van der Waals surface area contributed by atoms with E-state index < -0.39 is 0 Å². The van der Waals surface area contributed by atoms with E-state index in [0.717, 1.165) is 16.7 Å². The Morgan fingerprint density at radius 1 is 0.708 bits per heavy atom. The topological polar surface area (TPSA) is 20.2 Å². The summed E-state index contributed by atoms with van der Waals surface area (Å²) in [6.45, 7) is 0. The summed E-state index contributed by atoms with van der Waals surface area (Å²) in [5.41, 5.74) is 5.18. The molecule has 0 aliphatic carbocycles. The van der Waals surface area contributed by atoms with Crippen LogP contribution in [0.15, 0.2) is 72.8 Å². The standard InChI is InChI=1S/C21H20OS2/c22-20-17(11-15-7-3-1-4-8-15)13-19(21(23)24)14-18(20)12-16-9-5-2-6-10-16/h1-10,13-14,21-24H,11-12H2. The lowest BCUT2D eigenvalue weighted by Crippen LogP contribution is -1.98. The zero-order chi connectivity index (χ0) is 16.9. The molecule has 0 atom stereocenters. The van der Waals surface area contributed by atoms with Crippen molar-refractivity contribution < 1.29 is 5.11 Å². The Hall–Kier alpha value is -1.84. The van der Waals surface area contributed by atoms with Crippen molar-refractivity contribution >= 4 is 25.3 Å². The SMILES string of the molecule is Oc1c(Cc2ccccc2)cc(C(S)S)cc1Cc1ccccc1. The van der Waals surface area contributed by atoms with Crippen LogP contribution in [0.2, 0.25) is 0 Å². The molecule has 3 rings (SSSR count). The summed E-state index contributed by atoms with van der Waals surface area (Å²) in [5, 5.41) is 10.8. The molecule has 0 heterocycles. The fraction of sp³-hybridized carbons (Fsp3) is 0.143. The number of thiol groups is 2. The number of hydrogen-bond acceptors (Lipinski definition) is 3. The molecule has 1 N–H and O–H groups in total. The molecule has 0 fully saturated rings. The molecule has 0 saturated heterocycles. The Balaban J connectivity index is 1.98. The second-order valence-electron chi connectivity index (χ2n) is 5.89. The molecule has 0 spiro atoms. The van der Waals surface area contributed by atoms with E-state index in [0.29, 0.717) is 18.6 Å². The summed E-state index contributed by atoms with van der Waals surface area (Å²) in [4.78, 5) is 0. The molecule has 3 aromatic rings. The van der Waals surface area contributed by atoms with Crippen LogP contribution in [0.1, 0.15) is 32.4 Å². The van der Waals surface area contributed by atoms with Crippen molar-refractivity contribution in [2.75, 3.05) is 0 Å². The summed E-state index contributed by atoms with van der Waals surface area (Å²) in [7, 11) is 0. The van der Waals surface area contributed by atoms with E-state index in [-0.39, 0.29) is 4.58 Å². The molecule has 1 nitrogen and oxygen atoms in total. The van der Waals surface area contributed by atoms with Crippen LogP contribution in [0.4, 0.5) is 0 Å². The summed E-state index contributed by atoms with van der Waals surface area (Å²) in [5.74, 6) is 0.369. The summed E-state index contributed by atoms with van der Waals surface area (Å²) in [6, 6.07) is 24.3. The number of rotatable bonds is 5. The zero-order valence-electron chi connectivity index (χ0n) is 13.3. The summed E-state index contributed by atoms with van der Waals surface area (Å²) < 4.78 is -0.172. The second-order valence-corrected chi connectivity index (χ2v) is 7.33. The monoisotopic (exact) mass is 352 g/mol. The van der Waals surface area contributed by atoms with Crippen LogP contribution in [0.5, 0.6) is 5.75 Å². The first kappa shape index (κ1) is 17.0. The smallest absolute Gasteiger partial charge is 0.122 e. The average molecular weight is 353 g/mol. The van der Waals surface area contributed by atoms with Gasteiger partial charge in [-0.05, 0) is 39.9 Å². The van der Waals surface area contributed by atoms with E-state index in [2.05, 4.69) is 49.5 Å². The Bertz CT molecular complexity index is 736. The molecule has 3 heteroatoms. The van der Waals surface area contributed by atoms with E-state index >= 15 is 0 Å². The molecule has 122 valence electrons. The molecule has 0 saturated carbocycles. The van der Waals surface area contributed by atoms with Crippen LogP contribution in [0.3, 0.4) is 0 Å². The van der Waals surface area contributed by atoms with Gasteiger partial charge in [-0.2, -0.15) is 25.3 Å². The van der Waals surface area contributed by atoms with Gasteiger partial charge in [-0.1, -0.05) is 60.7 Å². The summed E-state index contributed by atoms with van der Waals surface area (Å²) in [6.07, 6.45) is 1.38. The molecule has 0 unspecified atom stereocenters. The Kier molecular flexibility index (Phi) is 5.54. The number of aromatic hydroxyl groups is 1. The lowest BCUT2D eigenvalue weighted by molar-refractivity contribution is 0.463. The van der Waals surface area contributed by atoms with Crippen molar-refractivity contribution in [1.82, 2.24) is 0 Å². The summed E-state index contributed by atoms with van der Waals surface area (Å²) >= 11 is 8.90. The molecule has 0 aliphatic heterocycles. The Morgan fingerprint density at radius 3 is 1.50 bits per heavy atom. The van der Waals surface area contributed by atoms with Gasteiger partial charge >= 0.3 is 0 Å². The van der Waals surface area contributed by atoms with Gasteiger partial charge in [0, 0.05) is 12.8 Å². The predicted molar refractivity (Wildman–Crippen MR) is 107 cm³/mol. The number of phenols is 1. The minimum absolute atomic E-state index is 0.172. The molecule has 0 radical (unpaired) electrons. The average Bonchev–Trinajstić information content (AvgIpc) is 2.60. The van der Waals surface area contributed by atoms with Crippen LogP contribution in [-0.4, -0.2) is 5.11 Å². The van der Waals surface area contributed by atoms with E-state index in [4.69, 9.17) is 0 Å². The van der Waals surface area contributed by atoms with Crippen LogP contribution in [0.25, 0.3) is 0 Å². The van der Waals surface area contributed by atoms with E-state index in [1.807, 2.05) is 48.5 Å². The number of phenolic OH excluding ortho intramolecular Hbond substituents is 1. The quantitative estimate of drug-likeness (QED) is 0.413. The molecule has 0 amide bonds. The predicted octanol–water partition coefficient (Wildman–Crippen LogP) is 5.43.